The van der Waals surface area contributed by atoms with Crippen molar-refractivity contribution < 1.29 is 4.79 Å². The fourth-order valence-electron chi connectivity index (χ4n) is 3.11. The Morgan fingerprint density at radius 2 is 2.22 bits per heavy atom. The van der Waals surface area contributed by atoms with E-state index in [9.17, 15) is 4.79 Å². The number of nitrogens with zero attached hydrogens (tertiary/aromatic N) is 3. The number of hydrogen-bond acceptors (Lipinski definition) is 4. The molecular weight excluding hydrogens is 308 g/mol. The minimum atomic E-state index is -0.0974. The van der Waals surface area contributed by atoms with Crippen LogP contribution in [0.5, 0.6) is 0 Å². The van der Waals surface area contributed by atoms with Crippen molar-refractivity contribution in [2.24, 2.45) is 0 Å². The Labute approximate surface area is 138 Å². The molecule has 1 aliphatic rings. The van der Waals surface area contributed by atoms with Crippen LogP contribution < -0.4 is 5.32 Å². The van der Waals surface area contributed by atoms with E-state index in [0.717, 1.165) is 19.3 Å². The molecular formula is C17H18N4OS. The molecule has 0 atom stereocenters. The Balaban J connectivity index is 1.53. The molecule has 0 saturated heterocycles. The van der Waals surface area contributed by atoms with Crippen LogP contribution >= 0.6 is 11.3 Å². The number of carbonyl (C=O) groups excluding carboxylic acids is 1. The summed E-state index contributed by atoms with van der Waals surface area (Å²) >= 11 is 1.71. The number of rotatable bonds is 4. The summed E-state index contributed by atoms with van der Waals surface area (Å²) in [4.78, 5) is 18.2. The van der Waals surface area contributed by atoms with Crippen LogP contribution in [0.15, 0.2) is 29.9 Å². The predicted octanol–water partition coefficient (Wildman–Crippen LogP) is 2.64. The first-order chi connectivity index (χ1) is 11.3. The molecule has 23 heavy (non-hydrogen) atoms. The summed E-state index contributed by atoms with van der Waals surface area (Å²) < 4.78 is 1.85. The van der Waals surface area contributed by atoms with Gasteiger partial charge in [0.25, 0.3) is 5.91 Å². The molecule has 0 unspecified atom stereocenters. The molecule has 5 nitrogen and oxygen atoms in total. The number of hydrogen-bond donors (Lipinski definition) is 1. The van der Waals surface area contributed by atoms with E-state index in [0.29, 0.717) is 17.8 Å². The van der Waals surface area contributed by atoms with Gasteiger partial charge in [0.1, 0.15) is 5.56 Å². The second kappa shape index (κ2) is 6.12. The molecule has 1 amide bonds. The molecule has 0 bridgehead atoms. The number of aryl methyl sites for hydroxylation is 2. The fraction of sp³-hybridized carbons (Fsp3) is 0.353. The van der Waals surface area contributed by atoms with Gasteiger partial charge in [-0.2, -0.15) is 5.10 Å². The van der Waals surface area contributed by atoms with Crippen LogP contribution in [0, 0.1) is 0 Å². The molecule has 3 aromatic heterocycles. The van der Waals surface area contributed by atoms with Crippen LogP contribution in [0.1, 0.15) is 39.3 Å². The van der Waals surface area contributed by atoms with Crippen molar-refractivity contribution >= 4 is 22.9 Å². The van der Waals surface area contributed by atoms with Gasteiger partial charge >= 0.3 is 0 Å². The van der Waals surface area contributed by atoms with Crippen LogP contribution in [-0.2, 0) is 19.3 Å². The van der Waals surface area contributed by atoms with Gasteiger partial charge in [0.05, 0.1) is 6.20 Å². The van der Waals surface area contributed by atoms with Crippen LogP contribution in [0.4, 0.5) is 0 Å². The van der Waals surface area contributed by atoms with Gasteiger partial charge < -0.3 is 5.32 Å². The molecule has 0 radical (unpaired) electrons. The van der Waals surface area contributed by atoms with E-state index in [2.05, 4.69) is 26.8 Å². The Kier molecular flexibility index (Phi) is 3.83. The van der Waals surface area contributed by atoms with Gasteiger partial charge in [-0.1, -0.05) is 6.07 Å². The zero-order valence-electron chi connectivity index (χ0n) is 12.8. The largest absolute Gasteiger partial charge is 0.352 e. The summed E-state index contributed by atoms with van der Waals surface area (Å²) in [6.45, 7) is 0.627. The topological polar surface area (TPSA) is 59.3 Å². The van der Waals surface area contributed by atoms with Crippen LogP contribution in [0.3, 0.4) is 0 Å². The molecule has 3 aromatic rings. The first-order valence-corrected chi connectivity index (χ1v) is 8.86. The summed E-state index contributed by atoms with van der Waals surface area (Å²) in [5.41, 5.74) is 3.69. The standard InChI is InChI=1S/C17H18N4OS/c22-17(18-8-7-13-5-3-9-23-13)14-11-20-21-15-6-2-1-4-12(15)10-19-16(14)21/h3,5,9-11H,1-2,4,6-8H2,(H,18,22). The molecule has 6 heteroatoms. The molecule has 0 saturated carbocycles. The molecule has 118 valence electrons. The normalized spacial score (nSPS) is 13.9. The lowest BCUT2D eigenvalue weighted by atomic mass is 9.97. The molecule has 3 heterocycles. The lowest BCUT2D eigenvalue weighted by molar-refractivity contribution is 0.0955. The van der Waals surface area contributed by atoms with E-state index in [1.165, 1.54) is 29.0 Å². The molecule has 1 aliphatic carbocycles. The highest BCUT2D eigenvalue weighted by molar-refractivity contribution is 7.09. The number of fused-ring (bicyclic) bond motifs is 3. The summed E-state index contributed by atoms with van der Waals surface area (Å²) in [5, 5.41) is 9.43. The highest BCUT2D eigenvalue weighted by atomic mass is 32.1. The van der Waals surface area contributed by atoms with Crippen molar-refractivity contribution in [3.8, 4) is 0 Å². The maximum absolute atomic E-state index is 12.4. The van der Waals surface area contributed by atoms with Crippen LogP contribution in [0.2, 0.25) is 0 Å². The van der Waals surface area contributed by atoms with Gasteiger partial charge in [-0.05, 0) is 49.1 Å². The minimum Gasteiger partial charge on any atom is -0.352 e. The Morgan fingerprint density at radius 3 is 3.09 bits per heavy atom. The lowest BCUT2D eigenvalue weighted by Crippen LogP contribution is -2.25. The Hall–Kier alpha value is -2.21. The van der Waals surface area contributed by atoms with Gasteiger partial charge in [0.15, 0.2) is 5.65 Å². The van der Waals surface area contributed by atoms with Gasteiger partial charge in [-0.3, -0.25) is 4.79 Å². The fourth-order valence-corrected chi connectivity index (χ4v) is 3.81. The third-order valence-electron chi connectivity index (χ3n) is 4.30. The third-order valence-corrected chi connectivity index (χ3v) is 5.24. The van der Waals surface area contributed by atoms with Gasteiger partial charge in [-0.15, -0.1) is 11.3 Å². The van der Waals surface area contributed by atoms with Crippen molar-refractivity contribution in [1.29, 1.82) is 0 Å². The Morgan fingerprint density at radius 1 is 1.30 bits per heavy atom. The maximum Gasteiger partial charge on any atom is 0.256 e. The second-order valence-electron chi connectivity index (χ2n) is 5.82. The summed E-state index contributed by atoms with van der Waals surface area (Å²) in [6, 6.07) is 4.11. The smallest absolute Gasteiger partial charge is 0.256 e. The molecule has 4 rings (SSSR count). The van der Waals surface area contributed by atoms with E-state index in [1.807, 2.05) is 16.8 Å². The molecule has 0 aromatic carbocycles. The number of carbonyl (C=O) groups is 1. The van der Waals surface area contributed by atoms with E-state index in [-0.39, 0.29) is 5.91 Å². The molecule has 0 fully saturated rings. The van der Waals surface area contributed by atoms with Gasteiger partial charge in [0, 0.05) is 23.3 Å². The van der Waals surface area contributed by atoms with E-state index >= 15 is 0 Å². The number of thiophene rings is 1. The van der Waals surface area contributed by atoms with Crippen LogP contribution in [-0.4, -0.2) is 27.0 Å². The summed E-state index contributed by atoms with van der Waals surface area (Å²) in [7, 11) is 0. The van der Waals surface area contributed by atoms with Crippen molar-refractivity contribution in [3.63, 3.8) is 0 Å². The zero-order valence-corrected chi connectivity index (χ0v) is 13.6. The maximum atomic E-state index is 12.4. The molecule has 0 aliphatic heterocycles. The monoisotopic (exact) mass is 326 g/mol. The quantitative estimate of drug-likeness (QED) is 0.802. The predicted molar refractivity (Wildman–Crippen MR) is 90.0 cm³/mol. The average Bonchev–Trinajstić information content (AvgIpc) is 3.24. The molecule has 1 N–H and O–H groups in total. The van der Waals surface area contributed by atoms with Gasteiger partial charge in [0.2, 0.25) is 0 Å². The van der Waals surface area contributed by atoms with Gasteiger partial charge in [-0.25, -0.2) is 9.50 Å². The average molecular weight is 326 g/mol. The highest BCUT2D eigenvalue weighted by Gasteiger charge is 2.19. The van der Waals surface area contributed by atoms with Crippen LogP contribution in [0.25, 0.3) is 5.65 Å². The first-order valence-electron chi connectivity index (χ1n) is 7.98. The van der Waals surface area contributed by atoms with E-state index < -0.39 is 0 Å². The van der Waals surface area contributed by atoms with Crippen molar-refractivity contribution in [2.75, 3.05) is 6.54 Å². The number of aromatic nitrogens is 3. The van der Waals surface area contributed by atoms with Crippen molar-refractivity contribution in [2.45, 2.75) is 32.1 Å². The third kappa shape index (κ3) is 2.74. The van der Waals surface area contributed by atoms with Crippen molar-refractivity contribution in [1.82, 2.24) is 19.9 Å². The zero-order chi connectivity index (χ0) is 15.6. The summed E-state index contributed by atoms with van der Waals surface area (Å²) in [6.07, 6.45) is 8.85. The lowest BCUT2D eigenvalue weighted by Gasteiger charge is -2.15. The minimum absolute atomic E-state index is 0.0974. The first kappa shape index (κ1) is 14.4. The SMILES string of the molecule is O=C(NCCc1cccs1)c1cnn2c3c(cnc12)CCCC3. The number of nitrogens with one attached hydrogen (secondary N) is 1. The summed E-state index contributed by atoms with van der Waals surface area (Å²) in [5.74, 6) is -0.0974. The second-order valence-corrected chi connectivity index (χ2v) is 6.85. The highest BCUT2D eigenvalue weighted by Crippen LogP contribution is 2.22. The van der Waals surface area contributed by atoms with E-state index in [4.69, 9.17) is 0 Å². The Bertz CT molecular complexity index is 838. The van der Waals surface area contributed by atoms with Crippen molar-refractivity contribution in [3.05, 3.63) is 51.6 Å². The molecule has 0 spiro atoms. The van der Waals surface area contributed by atoms with E-state index in [1.54, 1.807) is 17.5 Å². The number of amides is 1.